The fraction of sp³-hybridized carbons (Fsp3) is 1.00. The number of hydrogen-bond acceptors (Lipinski definition) is 1. The Morgan fingerprint density at radius 3 is 2.56 bits per heavy atom. The fourth-order valence-corrected chi connectivity index (χ4v) is 5.03. The Labute approximate surface area is 63.0 Å². The molecule has 0 bridgehead atoms. The van der Waals surface area contributed by atoms with Crippen LogP contribution >= 0.6 is 6.04 Å². The second-order valence-electron chi connectivity index (χ2n) is 2.98. The van der Waals surface area contributed by atoms with Crippen LogP contribution in [0.25, 0.3) is 0 Å². The fourth-order valence-electron chi connectivity index (χ4n) is 1.58. The van der Waals surface area contributed by atoms with Gasteiger partial charge in [0.1, 0.15) is 0 Å². The minimum atomic E-state index is -0.809. The summed E-state index contributed by atoms with van der Waals surface area (Å²) in [6, 6.07) is -0.809. The molecule has 0 nitrogen and oxygen atoms in total. The summed E-state index contributed by atoms with van der Waals surface area (Å²) in [7, 11) is 0. The molecule has 0 aliphatic carbocycles. The second-order valence-corrected chi connectivity index (χ2v) is 9.03. The summed E-state index contributed by atoms with van der Waals surface area (Å²) in [6.07, 6.45) is 5.50. The van der Waals surface area contributed by atoms with Crippen LogP contribution in [0.15, 0.2) is 0 Å². The van der Waals surface area contributed by atoms with Crippen LogP contribution in [0.5, 0.6) is 0 Å². The molecule has 0 unspecified atom stereocenters. The predicted molar refractivity (Wildman–Crippen MR) is 48.4 cm³/mol. The van der Waals surface area contributed by atoms with E-state index in [2.05, 4.69) is 13.8 Å². The standard InChI is InChI=1S/C7H15PS/c1-3-8(9)6-4-5-7(8)2/h7H,3-6H2,1-2H3/t7-,8-/m0/s1. The summed E-state index contributed by atoms with van der Waals surface area (Å²) >= 11 is 5.60. The van der Waals surface area contributed by atoms with E-state index < -0.39 is 6.04 Å². The van der Waals surface area contributed by atoms with Crippen molar-refractivity contribution in [2.75, 3.05) is 12.3 Å². The van der Waals surface area contributed by atoms with E-state index in [0.717, 1.165) is 5.66 Å². The molecule has 54 valence electrons. The molecule has 0 N–H and O–H groups in total. The Kier molecular flexibility index (Phi) is 2.34. The summed E-state index contributed by atoms with van der Waals surface area (Å²) in [5, 5.41) is 0. The van der Waals surface area contributed by atoms with Crippen molar-refractivity contribution < 1.29 is 0 Å². The van der Waals surface area contributed by atoms with Gasteiger partial charge >= 0.3 is 0 Å². The summed E-state index contributed by atoms with van der Waals surface area (Å²) in [4.78, 5) is 0. The first-order valence-corrected chi connectivity index (χ1v) is 7.01. The van der Waals surface area contributed by atoms with E-state index in [4.69, 9.17) is 11.8 Å². The quantitative estimate of drug-likeness (QED) is 0.534. The third-order valence-corrected chi connectivity index (χ3v) is 8.91. The third kappa shape index (κ3) is 1.38. The van der Waals surface area contributed by atoms with Crippen LogP contribution in [0.3, 0.4) is 0 Å². The average molecular weight is 162 g/mol. The molecule has 0 aromatic carbocycles. The molecule has 0 spiro atoms. The molecule has 0 aromatic rings. The van der Waals surface area contributed by atoms with E-state index >= 15 is 0 Å². The first kappa shape index (κ1) is 7.75. The lowest BCUT2D eigenvalue weighted by molar-refractivity contribution is 0.835. The molecule has 0 saturated carbocycles. The van der Waals surface area contributed by atoms with Crippen molar-refractivity contribution in [1.82, 2.24) is 0 Å². The van der Waals surface area contributed by atoms with Crippen molar-refractivity contribution in [3.05, 3.63) is 0 Å². The molecule has 1 fully saturated rings. The Hall–Kier alpha value is 0.650. The van der Waals surface area contributed by atoms with Crippen LogP contribution < -0.4 is 0 Å². The van der Waals surface area contributed by atoms with Gasteiger partial charge in [-0.15, -0.1) is 0 Å². The Balaban J connectivity index is 2.68. The van der Waals surface area contributed by atoms with Gasteiger partial charge in [0.25, 0.3) is 0 Å². The molecule has 0 aromatic heterocycles. The predicted octanol–water partition coefficient (Wildman–Crippen LogP) is 2.67. The van der Waals surface area contributed by atoms with Crippen molar-refractivity contribution in [2.45, 2.75) is 32.3 Å². The largest absolute Gasteiger partial charge is 0.0972 e. The lowest BCUT2D eigenvalue weighted by atomic mass is 10.3. The van der Waals surface area contributed by atoms with Crippen molar-refractivity contribution in [1.29, 1.82) is 0 Å². The van der Waals surface area contributed by atoms with Gasteiger partial charge in [-0.3, -0.25) is 0 Å². The molecular formula is C7H15PS. The van der Waals surface area contributed by atoms with E-state index in [0.29, 0.717) is 0 Å². The van der Waals surface area contributed by atoms with E-state index in [1.807, 2.05) is 0 Å². The molecule has 2 atom stereocenters. The van der Waals surface area contributed by atoms with E-state index in [-0.39, 0.29) is 0 Å². The lowest BCUT2D eigenvalue weighted by Gasteiger charge is -2.17. The molecule has 1 saturated heterocycles. The highest BCUT2D eigenvalue weighted by molar-refractivity contribution is 8.15. The maximum absolute atomic E-state index is 5.60. The van der Waals surface area contributed by atoms with Crippen LogP contribution in [0.2, 0.25) is 0 Å². The van der Waals surface area contributed by atoms with Crippen LogP contribution in [0, 0.1) is 0 Å². The number of hydrogen-bond donors (Lipinski definition) is 0. The summed E-state index contributed by atoms with van der Waals surface area (Å²) in [5.41, 5.74) is 0.900. The zero-order valence-electron chi connectivity index (χ0n) is 6.26. The third-order valence-electron chi connectivity index (χ3n) is 2.50. The van der Waals surface area contributed by atoms with Crippen LogP contribution in [0.1, 0.15) is 26.7 Å². The maximum Gasteiger partial charge on any atom is -0.0147 e. The highest BCUT2D eigenvalue weighted by Gasteiger charge is 2.27. The zero-order chi connectivity index (χ0) is 6.91. The molecule has 1 rings (SSSR count). The van der Waals surface area contributed by atoms with E-state index in [1.165, 1.54) is 25.2 Å². The van der Waals surface area contributed by atoms with Crippen LogP contribution in [0.4, 0.5) is 0 Å². The molecular weight excluding hydrogens is 147 g/mol. The van der Waals surface area contributed by atoms with E-state index in [9.17, 15) is 0 Å². The van der Waals surface area contributed by atoms with Crippen LogP contribution in [-0.2, 0) is 11.8 Å². The lowest BCUT2D eigenvalue weighted by Crippen LogP contribution is -1.97. The highest BCUT2D eigenvalue weighted by atomic mass is 32.4. The molecule has 2 heteroatoms. The second kappa shape index (κ2) is 2.72. The molecule has 1 aliphatic heterocycles. The van der Waals surface area contributed by atoms with Gasteiger partial charge in [0, 0.05) is 0 Å². The Bertz CT molecular complexity index is 142. The Morgan fingerprint density at radius 1 is 1.67 bits per heavy atom. The van der Waals surface area contributed by atoms with Gasteiger partial charge in [-0.2, -0.15) is 0 Å². The Morgan fingerprint density at radius 2 is 2.33 bits per heavy atom. The summed E-state index contributed by atoms with van der Waals surface area (Å²) < 4.78 is 0. The van der Waals surface area contributed by atoms with Crippen LogP contribution in [-0.4, -0.2) is 18.0 Å². The van der Waals surface area contributed by atoms with Crippen molar-refractivity contribution in [3.8, 4) is 0 Å². The van der Waals surface area contributed by atoms with Gasteiger partial charge in [-0.1, -0.05) is 25.7 Å². The topological polar surface area (TPSA) is 0 Å². The summed E-state index contributed by atoms with van der Waals surface area (Å²) in [5.74, 6) is 0. The SMILES string of the molecule is CC[P@]1(=S)CCC[C@@H]1C. The molecule has 9 heavy (non-hydrogen) atoms. The van der Waals surface area contributed by atoms with Gasteiger partial charge in [-0.05, 0) is 36.9 Å². The number of rotatable bonds is 1. The van der Waals surface area contributed by atoms with Gasteiger partial charge in [0.2, 0.25) is 0 Å². The highest BCUT2D eigenvalue weighted by Crippen LogP contribution is 2.57. The molecule has 0 amide bonds. The smallest absolute Gasteiger partial charge is 0.0147 e. The first-order valence-electron chi connectivity index (χ1n) is 3.77. The van der Waals surface area contributed by atoms with Gasteiger partial charge in [-0.25, -0.2) is 0 Å². The van der Waals surface area contributed by atoms with Gasteiger partial charge in [0.15, 0.2) is 0 Å². The van der Waals surface area contributed by atoms with Crippen molar-refractivity contribution in [2.24, 2.45) is 0 Å². The molecule has 1 aliphatic rings. The minimum Gasteiger partial charge on any atom is -0.0972 e. The average Bonchev–Trinajstić information content (AvgIpc) is 2.15. The van der Waals surface area contributed by atoms with Crippen molar-refractivity contribution >= 4 is 17.8 Å². The zero-order valence-corrected chi connectivity index (χ0v) is 7.97. The van der Waals surface area contributed by atoms with Gasteiger partial charge in [0.05, 0.1) is 0 Å². The molecule has 0 radical (unpaired) electrons. The van der Waals surface area contributed by atoms with Gasteiger partial charge < -0.3 is 0 Å². The van der Waals surface area contributed by atoms with E-state index in [1.54, 1.807) is 0 Å². The summed E-state index contributed by atoms with van der Waals surface area (Å²) in [6.45, 7) is 4.61. The molecule has 1 heterocycles. The minimum absolute atomic E-state index is 0.809. The van der Waals surface area contributed by atoms with Crippen molar-refractivity contribution in [3.63, 3.8) is 0 Å². The first-order chi connectivity index (χ1) is 4.19. The maximum atomic E-state index is 5.60. The monoisotopic (exact) mass is 162 g/mol. The normalized spacial score (nSPS) is 43.6.